The van der Waals surface area contributed by atoms with Crippen LogP contribution in [0.1, 0.15) is 24.4 Å². The van der Waals surface area contributed by atoms with Crippen molar-refractivity contribution in [3.05, 3.63) is 28.2 Å². The van der Waals surface area contributed by atoms with Crippen LogP contribution in [0.2, 0.25) is 0 Å². The van der Waals surface area contributed by atoms with E-state index in [0.717, 1.165) is 10.2 Å². The second-order valence-electron chi connectivity index (χ2n) is 5.79. The normalized spacial score (nSPS) is 34.4. The topological polar surface area (TPSA) is 36.9 Å². The van der Waals surface area contributed by atoms with E-state index in [0.29, 0.717) is 12.0 Å². The molecule has 0 amide bonds. The Bertz CT molecular complexity index is 566. The van der Waals surface area contributed by atoms with E-state index in [1.165, 1.54) is 37.2 Å². The SMILES string of the molecule is COc1ccc([C@@H]2NN=C3C4CCN(CC4)[C@@H]32)cc1Br. The van der Waals surface area contributed by atoms with Crippen LogP contribution in [0.3, 0.4) is 0 Å². The lowest BCUT2D eigenvalue weighted by atomic mass is 9.78. The Morgan fingerprint density at radius 1 is 1.35 bits per heavy atom. The van der Waals surface area contributed by atoms with Gasteiger partial charge in [0, 0.05) is 5.92 Å². The molecule has 4 nitrogen and oxygen atoms in total. The van der Waals surface area contributed by atoms with E-state index in [1.807, 2.05) is 6.07 Å². The molecule has 106 valence electrons. The minimum absolute atomic E-state index is 0.273. The molecule has 0 aliphatic carbocycles. The molecule has 4 heterocycles. The quantitative estimate of drug-likeness (QED) is 0.902. The second-order valence-corrected chi connectivity index (χ2v) is 6.65. The molecule has 4 aliphatic rings. The van der Waals surface area contributed by atoms with E-state index in [4.69, 9.17) is 4.74 Å². The van der Waals surface area contributed by atoms with Crippen molar-refractivity contribution in [2.24, 2.45) is 11.0 Å². The number of benzene rings is 1. The van der Waals surface area contributed by atoms with Crippen molar-refractivity contribution >= 4 is 21.6 Å². The van der Waals surface area contributed by atoms with Crippen LogP contribution in [0.15, 0.2) is 27.8 Å². The summed E-state index contributed by atoms with van der Waals surface area (Å²) in [6.45, 7) is 2.42. The van der Waals surface area contributed by atoms with E-state index >= 15 is 0 Å². The summed E-state index contributed by atoms with van der Waals surface area (Å²) in [7, 11) is 1.70. The predicted molar refractivity (Wildman–Crippen MR) is 82.1 cm³/mol. The second kappa shape index (κ2) is 4.74. The zero-order valence-corrected chi connectivity index (χ0v) is 13.1. The Morgan fingerprint density at radius 2 is 2.15 bits per heavy atom. The summed E-state index contributed by atoms with van der Waals surface area (Å²) >= 11 is 3.58. The van der Waals surface area contributed by atoms with Crippen molar-refractivity contribution in [3.63, 3.8) is 0 Å². The standard InChI is InChI=1S/C15H18BrN3O/c1-20-12-3-2-10(8-11(12)16)14-15-13(17-18-14)9-4-6-19(15)7-5-9/h2-3,8-9,14-15,18H,4-7H2,1H3/t14-,15-/m0/s1. The van der Waals surface area contributed by atoms with E-state index < -0.39 is 0 Å². The Kier molecular flexibility index (Phi) is 3.00. The summed E-state index contributed by atoms with van der Waals surface area (Å²) in [5.41, 5.74) is 6.01. The van der Waals surface area contributed by atoms with Crippen LogP contribution in [-0.2, 0) is 0 Å². The lowest BCUT2D eigenvalue weighted by molar-refractivity contribution is 0.133. The summed E-state index contributed by atoms with van der Waals surface area (Å²) in [5, 5.41) is 4.65. The predicted octanol–water partition coefficient (Wildman–Crippen LogP) is 2.55. The first kappa shape index (κ1) is 12.7. The molecule has 5 heteroatoms. The smallest absolute Gasteiger partial charge is 0.133 e. The number of fused-ring (bicyclic) bond motifs is 2. The highest BCUT2D eigenvalue weighted by Crippen LogP contribution is 2.40. The summed E-state index contributed by atoms with van der Waals surface area (Å²) in [6, 6.07) is 7.04. The van der Waals surface area contributed by atoms with Crippen molar-refractivity contribution < 1.29 is 4.74 Å². The maximum Gasteiger partial charge on any atom is 0.133 e. The fourth-order valence-electron chi connectivity index (χ4n) is 3.79. The number of hydrogen-bond acceptors (Lipinski definition) is 4. The van der Waals surface area contributed by atoms with Gasteiger partial charge in [0.1, 0.15) is 5.75 Å². The zero-order chi connectivity index (χ0) is 13.7. The Labute approximate surface area is 127 Å². The van der Waals surface area contributed by atoms with Crippen molar-refractivity contribution in [2.75, 3.05) is 20.2 Å². The first-order valence-corrected chi connectivity index (χ1v) is 7.97. The molecule has 0 saturated carbocycles. The Morgan fingerprint density at radius 3 is 2.85 bits per heavy atom. The van der Waals surface area contributed by atoms with Crippen molar-refractivity contribution in [2.45, 2.75) is 24.9 Å². The number of methoxy groups -OCH3 is 1. The molecule has 2 atom stereocenters. The third kappa shape index (κ3) is 1.79. The molecule has 1 N–H and O–H groups in total. The van der Waals surface area contributed by atoms with E-state index in [1.54, 1.807) is 7.11 Å². The fourth-order valence-corrected chi connectivity index (χ4v) is 4.35. The fraction of sp³-hybridized carbons (Fsp3) is 0.533. The number of piperidine rings is 3. The summed E-state index contributed by atoms with van der Waals surface area (Å²) in [6.07, 6.45) is 2.55. The van der Waals surface area contributed by atoms with E-state index in [-0.39, 0.29) is 6.04 Å². The van der Waals surface area contributed by atoms with E-state index in [2.05, 4.69) is 43.5 Å². The summed E-state index contributed by atoms with van der Waals surface area (Å²) in [5.74, 6) is 1.57. The average molecular weight is 336 g/mol. The maximum atomic E-state index is 5.31. The van der Waals surface area contributed by atoms with E-state index in [9.17, 15) is 0 Å². The highest BCUT2D eigenvalue weighted by atomic mass is 79.9. The van der Waals surface area contributed by atoms with Gasteiger partial charge in [-0.25, -0.2) is 0 Å². The van der Waals surface area contributed by atoms with Gasteiger partial charge >= 0.3 is 0 Å². The minimum Gasteiger partial charge on any atom is -0.496 e. The molecular formula is C15H18BrN3O. The van der Waals surface area contributed by atoms with Gasteiger partial charge in [0.2, 0.25) is 0 Å². The molecule has 0 unspecified atom stereocenters. The van der Waals surface area contributed by atoms with Crippen LogP contribution in [0.25, 0.3) is 0 Å². The first-order valence-electron chi connectivity index (χ1n) is 7.18. The van der Waals surface area contributed by atoms with Crippen molar-refractivity contribution in [1.82, 2.24) is 10.3 Å². The van der Waals surface area contributed by atoms with Crippen molar-refractivity contribution in [1.29, 1.82) is 0 Å². The molecule has 3 fully saturated rings. The number of nitrogens with zero attached hydrogens (tertiary/aromatic N) is 2. The van der Waals surface area contributed by atoms with Crippen LogP contribution in [0, 0.1) is 5.92 Å². The third-order valence-corrected chi connectivity index (χ3v) is 5.45. The molecule has 3 saturated heterocycles. The molecule has 20 heavy (non-hydrogen) atoms. The number of rotatable bonds is 2. The highest BCUT2D eigenvalue weighted by molar-refractivity contribution is 9.10. The molecular weight excluding hydrogens is 318 g/mol. The number of nitrogens with one attached hydrogen (secondary N) is 1. The molecule has 4 aliphatic heterocycles. The molecule has 0 spiro atoms. The molecule has 1 aromatic carbocycles. The highest BCUT2D eigenvalue weighted by Gasteiger charge is 2.46. The van der Waals surface area contributed by atoms with Gasteiger partial charge in [-0.2, -0.15) is 5.10 Å². The van der Waals surface area contributed by atoms with Crippen LogP contribution in [-0.4, -0.2) is 36.9 Å². The summed E-state index contributed by atoms with van der Waals surface area (Å²) in [4.78, 5) is 2.58. The molecule has 2 bridgehead atoms. The largest absolute Gasteiger partial charge is 0.496 e. The minimum atomic E-state index is 0.273. The van der Waals surface area contributed by atoms with Gasteiger partial charge in [-0.15, -0.1) is 0 Å². The van der Waals surface area contributed by atoms with Gasteiger partial charge < -0.3 is 10.2 Å². The van der Waals surface area contributed by atoms with Crippen LogP contribution in [0.4, 0.5) is 0 Å². The van der Waals surface area contributed by atoms with Gasteiger partial charge in [0.25, 0.3) is 0 Å². The molecule has 0 aromatic heterocycles. The zero-order valence-electron chi connectivity index (χ0n) is 11.5. The number of hydrazone groups is 1. The number of hydrogen-bond donors (Lipinski definition) is 1. The van der Waals surface area contributed by atoms with Crippen LogP contribution in [0.5, 0.6) is 5.75 Å². The molecule has 1 aromatic rings. The Balaban J connectivity index is 1.66. The van der Waals surface area contributed by atoms with Crippen molar-refractivity contribution in [3.8, 4) is 5.75 Å². The van der Waals surface area contributed by atoms with Gasteiger partial charge in [-0.1, -0.05) is 6.07 Å². The lowest BCUT2D eigenvalue weighted by Crippen LogP contribution is -2.56. The average Bonchev–Trinajstić information content (AvgIpc) is 2.95. The molecule has 0 radical (unpaired) electrons. The maximum absolute atomic E-state index is 5.31. The number of ether oxygens (including phenoxy) is 1. The van der Waals surface area contributed by atoms with Gasteiger partial charge in [-0.05, 0) is 59.6 Å². The summed E-state index contributed by atoms with van der Waals surface area (Å²) < 4.78 is 6.32. The first-order chi connectivity index (χ1) is 9.78. The van der Waals surface area contributed by atoms with Crippen LogP contribution >= 0.6 is 15.9 Å². The third-order valence-electron chi connectivity index (χ3n) is 4.83. The Hall–Kier alpha value is -1.07. The number of halogens is 1. The lowest BCUT2D eigenvalue weighted by Gasteiger charge is -2.45. The van der Waals surface area contributed by atoms with Crippen LogP contribution < -0.4 is 10.2 Å². The molecule has 5 rings (SSSR count). The van der Waals surface area contributed by atoms with Gasteiger partial charge in [0.15, 0.2) is 0 Å². The van der Waals surface area contributed by atoms with Gasteiger partial charge in [0.05, 0.1) is 29.4 Å². The van der Waals surface area contributed by atoms with Gasteiger partial charge in [-0.3, -0.25) is 4.90 Å². The monoisotopic (exact) mass is 335 g/mol.